The maximum absolute atomic E-state index is 10.7. The quantitative estimate of drug-likeness (QED) is 0.810. The topological polar surface area (TPSA) is 59.4 Å². The molecule has 1 unspecified atom stereocenters. The third kappa shape index (κ3) is 2.05. The van der Waals surface area contributed by atoms with E-state index < -0.39 is 5.97 Å². The molecule has 1 aromatic heterocycles. The summed E-state index contributed by atoms with van der Waals surface area (Å²) in [6, 6.07) is 0. The minimum absolute atomic E-state index is 0.108. The lowest BCUT2D eigenvalue weighted by molar-refractivity contribution is 0.0678. The van der Waals surface area contributed by atoms with E-state index in [1.54, 1.807) is 21.0 Å². The van der Waals surface area contributed by atoms with Crippen molar-refractivity contribution in [3.63, 3.8) is 0 Å². The van der Waals surface area contributed by atoms with Gasteiger partial charge in [-0.05, 0) is 13.8 Å². The van der Waals surface area contributed by atoms with E-state index in [4.69, 9.17) is 9.84 Å². The fraction of sp³-hybridized carbons (Fsp3) is 0.500. The zero-order valence-corrected chi connectivity index (χ0v) is 8.51. The predicted octanol–water partition coefficient (Wildman–Crippen LogP) is 1.86. The van der Waals surface area contributed by atoms with E-state index in [1.807, 2.05) is 0 Å². The first kappa shape index (κ1) is 10.1. The van der Waals surface area contributed by atoms with Gasteiger partial charge in [0.05, 0.1) is 16.0 Å². The molecule has 0 radical (unpaired) electrons. The largest absolute Gasteiger partial charge is 0.476 e. The first-order valence-corrected chi connectivity index (χ1v) is 4.61. The zero-order valence-electron chi connectivity index (χ0n) is 7.70. The number of ether oxygens (including phenoxy) is 1. The Balaban J connectivity index is 3.11. The van der Waals surface area contributed by atoms with Gasteiger partial charge in [0.25, 0.3) is 0 Å². The van der Waals surface area contributed by atoms with Crippen molar-refractivity contribution in [1.29, 1.82) is 0 Å². The summed E-state index contributed by atoms with van der Waals surface area (Å²) in [6.45, 7) is 3.59. The van der Waals surface area contributed by atoms with Crippen LogP contribution in [-0.2, 0) is 4.74 Å². The highest BCUT2D eigenvalue weighted by Gasteiger charge is 2.20. The molecule has 1 atom stereocenters. The Hall–Kier alpha value is -0.940. The van der Waals surface area contributed by atoms with E-state index in [0.29, 0.717) is 4.88 Å². The fourth-order valence-electron chi connectivity index (χ4n) is 0.979. The number of aromatic nitrogens is 1. The van der Waals surface area contributed by atoms with E-state index in [1.165, 1.54) is 11.3 Å². The molecule has 0 amide bonds. The molecule has 1 heterocycles. The summed E-state index contributed by atoms with van der Waals surface area (Å²) in [6.07, 6.45) is -0.211. The third-order valence-corrected chi connectivity index (χ3v) is 2.82. The van der Waals surface area contributed by atoms with Gasteiger partial charge in [0, 0.05) is 7.11 Å². The normalized spacial score (nSPS) is 12.8. The molecule has 1 aromatic rings. The van der Waals surface area contributed by atoms with Crippen LogP contribution in [0.2, 0.25) is 0 Å². The Morgan fingerprint density at radius 3 is 2.77 bits per heavy atom. The molecule has 0 aliphatic carbocycles. The van der Waals surface area contributed by atoms with Crippen molar-refractivity contribution in [3.8, 4) is 0 Å². The molecule has 1 N–H and O–H groups in total. The second kappa shape index (κ2) is 3.85. The zero-order chi connectivity index (χ0) is 10.0. The van der Waals surface area contributed by atoms with Crippen molar-refractivity contribution >= 4 is 17.3 Å². The van der Waals surface area contributed by atoms with Gasteiger partial charge in [-0.2, -0.15) is 0 Å². The van der Waals surface area contributed by atoms with Gasteiger partial charge in [0.2, 0.25) is 0 Å². The predicted molar refractivity (Wildman–Crippen MR) is 49.2 cm³/mol. The van der Waals surface area contributed by atoms with Gasteiger partial charge < -0.3 is 9.84 Å². The number of carbonyl (C=O) groups is 1. The highest BCUT2D eigenvalue weighted by molar-refractivity contribution is 7.11. The Bertz CT molecular complexity index is 321. The summed E-state index contributed by atoms with van der Waals surface area (Å²) < 4.78 is 5.05. The van der Waals surface area contributed by atoms with Crippen molar-refractivity contribution in [1.82, 2.24) is 4.98 Å². The minimum Gasteiger partial charge on any atom is -0.476 e. The Morgan fingerprint density at radius 1 is 1.69 bits per heavy atom. The lowest BCUT2D eigenvalue weighted by atomic mass is 10.2. The average molecular weight is 201 g/mol. The van der Waals surface area contributed by atoms with Crippen LogP contribution in [0.1, 0.15) is 33.4 Å². The number of rotatable bonds is 3. The SMILES string of the molecule is COC(C)c1sc(C)nc1C(=O)O. The van der Waals surface area contributed by atoms with Gasteiger partial charge >= 0.3 is 5.97 Å². The number of nitrogens with zero attached hydrogens (tertiary/aromatic N) is 1. The number of hydrogen-bond donors (Lipinski definition) is 1. The van der Waals surface area contributed by atoms with Gasteiger partial charge in [-0.25, -0.2) is 9.78 Å². The van der Waals surface area contributed by atoms with Crippen LogP contribution in [0.3, 0.4) is 0 Å². The van der Waals surface area contributed by atoms with E-state index in [9.17, 15) is 4.79 Å². The second-order valence-electron chi connectivity index (χ2n) is 2.63. The average Bonchev–Trinajstić information content (AvgIpc) is 2.46. The van der Waals surface area contributed by atoms with Crippen LogP contribution in [0, 0.1) is 6.92 Å². The number of hydrogen-bond acceptors (Lipinski definition) is 4. The van der Waals surface area contributed by atoms with E-state index in [-0.39, 0.29) is 11.8 Å². The molecule has 72 valence electrons. The van der Waals surface area contributed by atoms with Crippen LogP contribution in [-0.4, -0.2) is 23.2 Å². The highest BCUT2D eigenvalue weighted by atomic mass is 32.1. The summed E-state index contributed by atoms with van der Waals surface area (Å²) in [4.78, 5) is 15.3. The van der Waals surface area contributed by atoms with Crippen LogP contribution in [0.5, 0.6) is 0 Å². The Labute approximate surface area is 80.2 Å². The van der Waals surface area contributed by atoms with Crippen molar-refractivity contribution in [2.24, 2.45) is 0 Å². The third-order valence-electron chi connectivity index (χ3n) is 1.69. The molecule has 4 nitrogen and oxygen atoms in total. The van der Waals surface area contributed by atoms with Crippen molar-refractivity contribution in [3.05, 3.63) is 15.6 Å². The summed E-state index contributed by atoms with van der Waals surface area (Å²) >= 11 is 1.36. The van der Waals surface area contributed by atoms with E-state index in [0.717, 1.165) is 5.01 Å². The van der Waals surface area contributed by atoms with Crippen molar-refractivity contribution < 1.29 is 14.6 Å². The molecule has 1 rings (SSSR count). The number of carboxylic acid groups (broad SMARTS) is 1. The summed E-state index contributed by atoms with van der Waals surface area (Å²) in [5, 5.41) is 9.56. The molecule has 0 spiro atoms. The van der Waals surface area contributed by atoms with Gasteiger partial charge in [0.15, 0.2) is 5.69 Å². The molecule has 0 saturated heterocycles. The maximum atomic E-state index is 10.7. The van der Waals surface area contributed by atoms with Crippen LogP contribution in [0.15, 0.2) is 0 Å². The number of thiazole rings is 1. The lowest BCUT2D eigenvalue weighted by Crippen LogP contribution is -2.04. The molecule has 0 aliphatic rings. The van der Waals surface area contributed by atoms with Crippen LogP contribution in [0.4, 0.5) is 0 Å². The Kier molecular flexibility index (Phi) is 3.00. The van der Waals surface area contributed by atoms with Gasteiger partial charge in [-0.15, -0.1) is 11.3 Å². The first-order valence-electron chi connectivity index (χ1n) is 3.79. The van der Waals surface area contributed by atoms with Crippen LogP contribution < -0.4 is 0 Å². The number of aromatic carboxylic acids is 1. The van der Waals surface area contributed by atoms with E-state index in [2.05, 4.69) is 4.98 Å². The molecule has 0 aromatic carbocycles. The highest BCUT2D eigenvalue weighted by Crippen LogP contribution is 2.26. The molecule has 13 heavy (non-hydrogen) atoms. The van der Waals surface area contributed by atoms with E-state index >= 15 is 0 Å². The minimum atomic E-state index is -0.997. The number of aryl methyl sites for hydroxylation is 1. The van der Waals surface area contributed by atoms with Crippen molar-refractivity contribution in [2.45, 2.75) is 20.0 Å². The van der Waals surface area contributed by atoms with Crippen LogP contribution in [0.25, 0.3) is 0 Å². The monoisotopic (exact) mass is 201 g/mol. The number of carboxylic acids is 1. The van der Waals surface area contributed by atoms with Crippen LogP contribution >= 0.6 is 11.3 Å². The molecular formula is C8H11NO3S. The van der Waals surface area contributed by atoms with Crippen molar-refractivity contribution in [2.75, 3.05) is 7.11 Å². The standard InChI is InChI=1S/C8H11NO3S/c1-4(12-3)7-6(8(10)11)9-5(2)13-7/h4H,1-3H3,(H,10,11). The molecule has 0 aliphatic heterocycles. The van der Waals surface area contributed by atoms with Gasteiger partial charge in [-0.3, -0.25) is 0 Å². The lowest BCUT2D eigenvalue weighted by Gasteiger charge is -2.06. The summed E-state index contributed by atoms with van der Waals surface area (Å²) in [5.74, 6) is -0.997. The molecule has 5 heteroatoms. The second-order valence-corrected chi connectivity index (χ2v) is 3.86. The molecule has 0 fully saturated rings. The fourth-order valence-corrected chi connectivity index (χ4v) is 1.93. The Morgan fingerprint density at radius 2 is 2.31 bits per heavy atom. The molecular weight excluding hydrogens is 190 g/mol. The maximum Gasteiger partial charge on any atom is 0.355 e. The first-order chi connectivity index (χ1) is 6.06. The van der Waals surface area contributed by atoms with Gasteiger partial charge in [-0.1, -0.05) is 0 Å². The molecule has 0 saturated carbocycles. The smallest absolute Gasteiger partial charge is 0.355 e. The molecule has 0 bridgehead atoms. The van der Waals surface area contributed by atoms with Gasteiger partial charge in [0.1, 0.15) is 0 Å². The number of methoxy groups -OCH3 is 1. The summed E-state index contributed by atoms with van der Waals surface area (Å²) in [5.41, 5.74) is 0.108. The summed E-state index contributed by atoms with van der Waals surface area (Å²) in [7, 11) is 1.55.